The van der Waals surface area contributed by atoms with Crippen LogP contribution in [0.5, 0.6) is 0 Å². The molecule has 0 radical (unpaired) electrons. The van der Waals surface area contributed by atoms with Gasteiger partial charge in [-0.3, -0.25) is 4.79 Å². The number of thioether (sulfide) groups is 1. The van der Waals surface area contributed by atoms with E-state index in [0.29, 0.717) is 12.1 Å². The van der Waals surface area contributed by atoms with Gasteiger partial charge in [-0.25, -0.2) is 0 Å². The van der Waals surface area contributed by atoms with Crippen LogP contribution in [0.4, 0.5) is 0 Å². The summed E-state index contributed by atoms with van der Waals surface area (Å²) in [7, 11) is 0. The van der Waals surface area contributed by atoms with Crippen LogP contribution < -0.4 is 5.73 Å². The Balaban J connectivity index is 2.56. The van der Waals surface area contributed by atoms with E-state index in [0.717, 1.165) is 25.0 Å². The average Bonchev–Trinajstić information content (AvgIpc) is 2.25. The van der Waals surface area contributed by atoms with Crippen LogP contribution in [0.2, 0.25) is 0 Å². The molecular weight excluding hydrogens is 220 g/mol. The van der Waals surface area contributed by atoms with Crippen molar-refractivity contribution < 1.29 is 4.79 Å². The number of carbonyl (C=O) groups is 1. The van der Waals surface area contributed by atoms with E-state index in [9.17, 15) is 4.79 Å². The summed E-state index contributed by atoms with van der Waals surface area (Å²) in [6.07, 6.45) is 6.29. The molecule has 0 unspecified atom stereocenters. The van der Waals surface area contributed by atoms with Gasteiger partial charge in [-0.05, 0) is 51.5 Å². The lowest BCUT2D eigenvalue weighted by molar-refractivity contribution is -0.138. The summed E-state index contributed by atoms with van der Waals surface area (Å²) in [4.78, 5) is 14.2. The van der Waals surface area contributed by atoms with E-state index in [-0.39, 0.29) is 11.9 Å². The molecule has 0 aliphatic carbocycles. The van der Waals surface area contributed by atoms with Crippen molar-refractivity contribution in [1.82, 2.24) is 4.90 Å². The SMILES string of the molecule is CSCC[C@H](N)C(=O)N1[C@H](C)CCC[C@@H]1C. The normalized spacial score (nSPS) is 27.9. The molecule has 2 N–H and O–H groups in total. The molecule has 0 saturated carbocycles. The molecule has 1 rings (SSSR count). The molecule has 1 amide bonds. The summed E-state index contributed by atoms with van der Waals surface area (Å²) in [6.45, 7) is 4.27. The van der Waals surface area contributed by atoms with E-state index in [1.165, 1.54) is 6.42 Å². The molecule has 4 heteroatoms. The number of carbonyl (C=O) groups excluding carboxylic acids is 1. The van der Waals surface area contributed by atoms with Gasteiger partial charge in [-0.2, -0.15) is 11.8 Å². The molecule has 1 aliphatic heterocycles. The largest absolute Gasteiger partial charge is 0.336 e. The molecule has 0 aromatic heterocycles. The van der Waals surface area contributed by atoms with E-state index < -0.39 is 0 Å². The molecule has 0 bridgehead atoms. The number of piperidine rings is 1. The molecule has 94 valence electrons. The third-order valence-electron chi connectivity index (χ3n) is 3.40. The highest BCUT2D eigenvalue weighted by Gasteiger charge is 2.31. The number of hydrogen-bond acceptors (Lipinski definition) is 3. The summed E-state index contributed by atoms with van der Waals surface area (Å²) in [6, 6.07) is 0.406. The van der Waals surface area contributed by atoms with Crippen molar-refractivity contribution in [3.63, 3.8) is 0 Å². The van der Waals surface area contributed by atoms with E-state index in [4.69, 9.17) is 5.73 Å². The predicted octanol–water partition coefficient (Wildman–Crippen LogP) is 1.86. The van der Waals surface area contributed by atoms with Crippen LogP contribution in [0.15, 0.2) is 0 Å². The summed E-state index contributed by atoms with van der Waals surface area (Å²) in [5, 5.41) is 0. The summed E-state index contributed by atoms with van der Waals surface area (Å²) >= 11 is 1.74. The van der Waals surface area contributed by atoms with Gasteiger partial charge < -0.3 is 10.6 Å². The van der Waals surface area contributed by atoms with Crippen LogP contribution in [0.3, 0.4) is 0 Å². The van der Waals surface area contributed by atoms with Gasteiger partial charge in [-0.15, -0.1) is 0 Å². The topological polar surface area (TPSA) is 46.3 Å². The highest BCUT2D eigenvalue weighted by molar-refractivity contribution is 7.98. The van der Waals surface area contributed by atoms with Crippen molar-refractivity contribution in [2.75, 3.05) is 12.0 Å². The third kappa shape index (κ3) is 3.39. The number of nitrogens with zero attached hydrogens (tertiary/aromatic N) is 1. The zero-order chi connectivity index (χ0) is 12.1. The van der Waals surface area contributed by atoms with E-state index in [1.54, 1.807) is 11.8 Å². The lowest BCUT2D eigenvalue weighted by Crippen LogP contribution is -2.53. The van der Waals surface area contributed by atoms with E-state index in [1.807, 2.05) is 11.2 Å². The minimum Gasteiger partial charge on any atom is -0.336 e. The number of amides is 1. The number of likely N-dealkylation sites (tertiary alicyclic amines) is 1. The van der Waals surface area contributed by atoms with Crippen LogP contribution in [0, 0.1) is 0 Å². The van der Waals surface area contributed by atoms with Gasteiger partial charge in [0.15, 0.2) is 0 Å². The zero-order valence-corrected chi connectivity index (χ0v) is 11.4. The number of rotatable bonds is 4. The maximum atomic E-state index is 12.2. The highest BCUT2D eigenvalue weighted by Crippen LogP contribution is 2.23. The maximum absolute atomic E-state index is 12.2. The van der Waals surface area contributed by atoms with Crippen LogP contribution >= 0.6 is 11.8 Å². The van der Waals surface area contributed by atoms with Crippen LogP contribution in [-0.2, 0) is 4.79 Å². The molecule has 1 heterocycles. The Kier molecular flexibility index (Phi) is 5.62. The van der Waals surface area contributed by atoms with E-state index in [2.05, 4.69) is 13.8 Å². The average molecular weight is 244 g/mol. The molecule has 0 aromatic carbocycles. The molecule has 1 fully saturated rings. The standard InChI is InChI=1S/C12H24N2OS/c1-9-5-4-6-10(2)14(9)12(15)11(13)7-8-16-3/h9-11H,4-8,13H2,1-3H3/t9-,10+,11-/m0/s1. The van der Waals surface area contributed by atoms with Crippen molar-refractivity contribution >= 4 is 17.7 Å². The molecule has 0 spiro atoms. The second-order valence-electron chi connectivity index (χ2n) is 4.76. The summed E-state index contributed by atoms with van der Waals surface area (Å²) < 4.78 is 0. The Morgan fingerprint density at radius 3 is 2.50 bits per heavy atom. The lowest BCUT2D eigenvalue weighted by atomic mass is 9.96. The molecule has 16 heavy (non-hydrogen) atoms. The fraction of sp³-hybridized carbons (Fsp3) is 0.917. The number of nitrogens with two attached hydrogens (primary N) is 1. The Bertz CT molecular complexity index is 225. The zero-order valence-electron chi connectivity index (χ0n) is 10.6. The fourth-order valence-electron chi connectivity index (χ4n) is 2.42. The number of hydrogen-bond donors (Lipinski definition) is 1. The van der Waals surface area contributed by atoms with Crippen molar-refractivity contribution in [1.29, 1.82) is 0 Å². The second kappa shape index (κ2) is 6.50. The Morgan fingerprint density at radius 2 is 2.00 bits per heavy atom. The van der Waals surface area contributed by atoms with Crippen molar-refractivity contribution in [3.8, 4) is 0 Å². The fourth-order valence-corrected chi connectivity index (χ4v) is 2.91. The lowest BCUT2D eigenvalue weighted by Gasteiger charge is -2.40. The van der Waals surface area contributed by atoms with Crippen molar-refractivity contribution in [2.24, 2.45) is 5.73 Å². The highest BCUT2D eigenvalue weighted by atomic mass is 32.2. The third-order valence-corrected chi connectivity index (χ3v) is 4.04. The first-order valence-corrected chi connectivity index (χ1v) is 7.54. The van der Waals surface area contributed by atoms with E-state index >= 15 is 0 Å². The summed E-state index contributed by atoms with van der Waals surface area (Å²) in [5.74, 6) is 1.11. The molecule has 1 aliphatic rings. The van der Waals surface area contributed by atoms with Gasteiger partial charge in [0, 0.05) is 12.1 Å². The van der Waals surface area contributed by atoms with Gasteiger partial charge in [0.2, 0.25) is 5.91 Å². The Hall–Kier alpha value is -0.220. The van der Waals surface area contributed by atoms with Gasteiger partial charge in [0.1, 0.15) is 0 Å². The first-order chi connectivity index (χ1) is 7.57. The van der Waals surface area contributed by atoms with Gasteiger partial charge in [0.25, 0.3) is 0 Å². The first-order valence-electron chi connectivity index (χ1n) is 6.14. The predicted molar refractivity (Wildman–Crippen MR) is 70.6 cm³/mol. The molecular formula is C12H24N2OS. The van der Waals surface area contributed by atoms with Crippen molar-refractivity contribution in [3.05, 3.63) is 0 Å². The van der Waals surface area contributed by atoms with Gasteiger partial charge in [-0.1, -0.05) is 0 Å². The Morgan fingerprint density at radius 1 is 1.44 bits per heavy atom. The second-order valence-corrected chi connectivity index (χ2v) is 5.75. The minimum absolute atomic E-state index is 0.147. The molecule has 3 nitrogen and oxygen atoms in total. The summed E-state index contributed by atoms with van der Waals surface area (Å²) in [5.41, 5.74) is 5.95. The van der Waals surface area contributed by atoms with Crippen LogP contribution in [-0.4, -0.2) is 40.9 Å². The molecule has 0 aromatic rings. The molecule has 1 saturated heterocycles. The Labute approximate surface area is 103 Å². The first kappa shape index (κ1) is 13.8. The van der Waals surface area contributed by atoms with Crippen LogP contribution in [0.25, 0.3) is 0 Å². The minimum atomic E-state index is -0.310. The van der Waals surface area contributed by atoms with Gasteiger partial charge in [0.05, 0.1) is 6.04 Å². The monoisotopic (exact) mass is 244 g/mol. The maximum Gasteiger partial charge on any atom is 0.239 e. The molecule has 3 atom stereocenters. The van der Waals surface area contributed by atoms with Crippen molar-refractivity contribution in [2.45, 2.75) is 57.7 Å². The van der Waals surface area contributed by atoms with Crippen LogP contribution in [0.1, 0.15) is 39.5 Å². The van der Waals surface area contributed by atoms with Gasteiger partial charge >= 0.3 is 0 Å². The smallest absolute Gasteiger partial charge is 0.239 e. The quantitative estimate of drug-likeness (QED) is 0.821.